The summed E-state index contributed by atoms with van der Waals surface area (Å²) < 4.78 is 2.54. The summed E-state index contributed by atoms with van der Waals surface area (Å²) in [5.41, 5.74) is 26.7. The predicted octanol–water partition coefficient (Wildman–Crippen LogP) is 29.0. The quantitative estimate of drug-likeness (QED) is 0.0349. The maximum Gasteiger partial charge on any atom is 0.0541 e. The highest BCUT2D eigenvalue weighted by Gasteiger charge is 2.42. The van der Waals surface area contributed by atoms with Gasteiger partial charge in [-0.3, -0.25) is 0 Å². The maximum absolute atomic E-state index is 2.64. The first-order valence-corrected chi connectivity index (χ1v) is 38.4. The number of anilines is 3. The second-order valence-corrected chi connectivity index (χ2v) is 28.7. The smallest absolute Gasteiger partial charge is 0.0541 e. The first-order valence-electron chi connectivity index (χ1n) is 38.4. The molecule has 0 atom stereocenters. The number of nitrogens with zero attached hydrogens (tertiary/aromatic N) is 2. The number of hydrogen-bond donors (Lipinski definition) is 0. The lowest BCUT2D eigenvalue weighted by Crippen LogP contribution is -2.26. The lowest BCUT2D eigenvalue weighted by Gasteiger charge is -2.34. The van der Waals surface area contributed by atoms with Gasteiger partial charge in [0, 0.05) is 38.9 Å². The van der Waals surface area contributed by atoms with E-state index in [1.165, 1.54) is 304 Å². The van der Waals surface area contributed by atoms with Gasteiger partial charge in [-0.2, -0.15) is 0 Å². The molecule has 0 saturated carbocycles. The van der Waals surface area contributed by atoms with Gasteiger partial charge in [0.2, 0.25) is 0 Å². The number of aromatic nitrogens is 1. The van der Waals surface area contributed by atoms with Crippen LogP contribution in [0.5, 0.6) is 0 Å². The third-order valence-electron chi connectivity index (χ3n) is 21.6. The number of rotatable bonds is 39. The van der Waals surface area contributed by atoms with Gasteiger partial charge >= 0.3 is 0 Å². The van der Waals surface area contributed by atoms with Crippen molar-refractivity contribution in [3.63, 3.8) is 0 Å². The summed E-state index contributed by atoms with van der Waals surface area (Å²) >= 11 is 0. The lowest BCUT2D eigenvalue weighted by atomic mass is 9.70. The summed E-state index contributed by atoms with van der Waals surface area (Å²) in [5, 5.41) is 2.57. The van der Waals surface area contributed by atoms with Crippen molar-refractivity contribution >= 4 is 38.9 Å². The third kappa shape index (κ3) is 17.1. The number of hydrogen-bond acceptors (Lipinski definition) is 1. The zero-order valence-electron chi connectivity index (χ0n) is 59.5. The van der Waals surface area contributed by atoms with Crippen LogP contribution in [0.4, 0.5) is 17.1 Å². The van der Waals surface area contributed by atoms with Crippen molar-refractivity contribution in [2.75, 3.05) is 4.90 Å². The van der Waals surface area contributed by atoms with E-state index in [1.807, 2.05) is 0 Å². The van der Waals surface area contributed by atoms with Gasteiger partial charge in [0.1, 0.15) is 0 Å². The minimum atomic E-state index is -0.0200. The number of para-hydroxylation sites is 1. The molecule has 2 nitrogen and oxygen atoms in total. The van der Waals surface area contributed by atoms with Gasteiger partial charge in [0.15, 0.2) is 0 Å². The summed E-state index contributed by atoms with van der Waals surface area (Å²) in [5.74, 6) is 0. The Hall–Kier alpha value is -7.42. The van der Waals surface area contributed by atoms with E-state index in [0.717, 1.165) is 12.8 Å². The normalized spacial score (nSPS) is 12.5. The van der Waals surface area contributed by atoms with Crippen LogP contribution in [0.25, 0.3) is 72.0 Å². The molecule has 0 aliphatic heterocycles. The third-order valence-corrected chi connectivity index (χ3v) is 21.6. The van der Waals surface area contributed by atoms with Gasteiger partial charge in [0.05, 0.1) is 11.0 Å². The summed E-state index contributed by atoms with van der Waals surface area (Å²) in [6.07, 6.45) is 42.1. The number of benzene rings is 9. The summed E-state index contributed by atoms with van der Waals surface area (Å²) in [4.78, 5) is 2.54. The van der Waals surface area contributed by atoms with Gasteiger partial charge in [-0.05, 0) is 197 Å². The predicted molar refractivity (Wildman–Crippen MR) is 416 cm³/mol. The Morgan fingerprint density at radius 3 is 1.39 bits per heavy atom. The Bertz CT molecular complexity index is 3960. The van der Waals surface area contributed by atoms with Crippen molar-refractivity contribution in [3.8, 4) is 50.2 Å². The molecule has 0 amide bonds. The molecule has 0 unspecified atom stereocenters. The van der Waals surface area contributed by atoms with Crippen molar-refractivity contribution < 1.29 is 0 Å². The molecule has 1 heterocycles. The van der Waals surface area contributed by atoms with Gasteiger partial charge in [-0.1, -0.05) is 322 Å². The fourth-order valence-corrected chi connectivity index (χ4v) is 16.3. The topological polar surface area (TPSA) is 8.17 Å². The first-order chi connectivity index (χ1) is 46.8. The van der Waals surface area contributed by atoms with Gasteiger partial charge in [-0.15, -0.1) is 0 Å². The maximum atomic E-state index is 2.64. The second-order valence-electron chi connectivity index (χ2n) is 28.7. The summed E-state index contributed by atoms with van der Waals surface area (Å²) in [6.45, 7) is 13.9. The largest absolute Gasteiger partial charge is 0.310 e. The Balaban J connectivity index is 0.929. The van der Waals surface area contributed by atoms with E-state index in [0.29, 0.717) is 0 Å². The highest BCUT2D eigenvalue weighted by atomic mass is 15.1. The molecule has 1 aliphatic carbocycles. The van der Waals surface area contributed by atoms with Crippen LogP contribution in [0, 0.1) is 13.8 Å². The van der Waals surface area contributed by atoms with Crippen molar-refractivity contribution in [1.29, 1.82) is 0 Å². The Kier molecular flexibility index (Phi) is 25.4. The molecule has 0 radical (unpaired) electrons. The molecule has 1 aromatic heterocycles. The van der Waals surface area contributed by atoms with Crippen LogP contribution in [0.15, 0.2) is 194 Å². The molecule has 0 spiro atoms. The molecule has 11 rings (SSSR count). The van der Waals surface area contributed by atoms with Crippen LogP contribution in [-0.2, 0) is 18.3 Å². The van der Waals surface area contributed by atoms with Gasteiger partial charge in [-0.25, -0.2) is 0 Å². The minimum Gasteiger partial charge on any atom is -0.310 e. The van der Waals surface area contributed by atoms with E-state index in [9.17, 15) is 0 Å². The van der Waals surface area contributed by atoms with Crippen molar-refractivity contribution in [2.24, 2.45) is 0 Å². The molecular formula is C93H114N2. The molecule has 1 aliphatic rings. The molecule has 10 aromatic rings. The molecule has 95 heavy (non-hydrogen) atoms. The van der Waals surface area contributed by atoms with Crippen molar-refractivity contribution in [1.82, 2.24) is 4.57 Å². The highest BCUT2D eigenvalue weighted by molar-refractivity contribution is 6.10. The van der Waals surface area contributed by atoms with Crippen LogP contribution in [0.2, 0.25) is 0 Å². The number of aryl methyl sites for hydroxylation is 4. The van der Waals surface area contributed by atoms with Crippen molar-refractivity contribution in [3.05, 3.63) is 228 Å². The van der Waals surface area contributed by atoms with Crippen LogP contribution >= 0.6 is 0 Å². The van der Waals surface area contributed by atoms with Gasteiger partial charge in [0.25, 0.3) is 0 Å². The summed E-state index contributed by atoms with van der Waals surface area (Å²) in [6, 6.07) is 75.6. The SMILES string of the molecule is CCCCCCCCCCCCC1(CCCCCCCCCCCC)c2ccccc2-c2ccc(N(c3ccc(-c4ccccc4)cc3)c3ccc(-c4ccc5c(c4)c4ccccc4n5-c4cc(C)cc(-c5cc(CCCCCC)c(C)cc5CCCCCC)c4)cc3)cc21. The summed E-state index contributed by atoms with van der Waals surface area (Å²) in [7, 11) is 0. The van der Waals surface area contributed by atoms with E-state index < -0.39 is 0 Å². The van der Waals surface area contributed by atoms with Crippen LogP contribution in [-0.4, -0.2) is 4.57 Å². The molecule has 9 aromatic carbocycles. The fourth-order valence-electron chi connectivity index (χ4n) is 16.3. The number of unbranched alkanes of at least 4 members (excludes halogenated alkanes) is 24. The van der Waals surface area contributed by atoms with E-state index in [-0.39, 0.29) is 5.41 Å². The lowest BCUT2D eigenvalue weighted by molar-refractivity contribution is 0.397. The van der Waals surface area contributed by atoms with Crippen LogP contribution in [0.3, 0.4) is 0 Å². The highest BCUT2D eigenvalue weighted by Crippen LogP contribution is 2.56. The van der Waals surface area contributed by atoms with Crippen LogP contribution in [0.1, 0.15) is 254 Å². The first kappa shape index (κ1) is 68.9. The fraction of sp³-hybridized carbons (Fsp3) is 0.419. The van der Waals surface area contributed by atoms with Crippen LogP contribution < -0.4 is 4.90 Å². The zero-order valence-corrected chi connectivity index (χ0v) is 59.5. The molecule has 0 bridgehead atoms. The monoisotopic (exact) mass is 1260 g/mol. The average molecular weight is 1260 g/mol. The molecule has 0 saturated heterocycles. The van der Waals surface area contributed by atoms with E-state index in [4.69, 9.17) is 0 Å². The van der Waals surface area contributed by atoms with Gasteiger partial charge < -0.3 is 9.47 Å². The average Bonchev–Trinajstić information content (AvgIpc) is 1.58. The molecule has 0 N–H and O–H groups in total. The number of fused-ring (bicyclic) bond motifs is 6. The standard InChI is InChI=1S/C93H114N2/c1-7-11-15-19-21-23-25-27-29-40-62-93(63-41-30-28-26-24-22-20-16-12-8-2)89-48-38-36-46-84(89)85-60-59-82(70-90(85)93)94(80-55-50-74(51-56-80)73-42-34-31-35-43-73)81-57-52-75(53-58-81)77-54-61-92-88(69-77)86-47-37-39-49-91(86)95(92)83-65-71(5)64-79(67-83)87-68-76(44-32-17-13-9-3)72(6)66-78(87)45-33-18-14-10-4/h31,34-39,42-43,46-61,64-70H,7-30,32-33,40-41,44-45,62-63H2,1-6H3. The molecular weight excluding hydrogens is 1150 g/mol. The molecule has 2 heteroatoms. The zero-order chi connectivity index (χ0) is 65.6. The van der Waals surface area contributed by atoms with E-state index in [2.05, 4.69) is 245 Å². The Morgan fingerprint density at radius 2 is 0.779 bits per heavy atom. The van der Waals surface area contributed by atoms with E-state index >= 15 is 0 Å². The molecule has 496 valence electrons. The van der Waals surface area contributed by atoms with E-state index in [1.54, 1.807) is 11.1 Å². The minimum absolute atomic E-state index is 0.0200. The second kappa shape index (κ2) is 35.0. The Morgan fingerprint density at radius 1 is 0.305 bits per heavy atom. The molecule has 0 fully saturated rings. The Labute approximate surface area is 575 Å². The van der Waals surface area contributed by atoms with Crippen molar-refractivity contribution in [2.45, 2.75) is 252 Å².